The average molecular weight is 281 g/mol. The summed E-state index contributed by atoms with van der Waals surface area (Å²) in [4.78, 5) is 23.7. The van der Waals surface area contributed by atoms with Crippen LogP contribution in [0.2, 0.25) is 0 Å². The van der Waals surface area contributed by atoms with E-state index < -0.39 is 17.9 Å². The molecule has 0 aromatic heterocycles. The van der Waals surface area contributed by atoms with E-state index in [1.807, 2.05) is 18.2 Å². The molecule has 0 saturated heterocycles. The summed E-state index contributed by atoms with van der Waals surface area (Å²) in [6.45, 7) is 0. The van der Waals surface area contributed by atoms with Gasteiger partial charge in [-0.15, -0.1) is 0 Å². The van der Waals surface area contributed by atoms with Crippen molar-refractivity contribution in [3.63, 3.8) is 0 Å². The molecule has 2 unspecified atom stereocenters. The quantitative estimate of drug-likeness (QED) is 0.839. The maximum atomic E-state index is 12.1. The van der Waals surface area contributed by atoms with E-state index in [1.54, 1.807) is 24.3 Å². The highest BCUT2D eigenvalue weighted by molar-refractivity contribution is 6.02. The molecular weight excluding hydrogens is 270 g/mol. The molecular formula is C16H11NO4. The third-order valence-corrected chi connectivity index (χ3v) is 3.98. The zero-order valence-corrected chi connectivity index (χ0v) is 10.9. The molecule has 4 rings (SSSR count). The van der Waals surface area contributed by atoms with Crippen LogP contribution >= 0.6 is 0 Å². The molecule has 2 aromatic carbocycles. The Balaban J connectivity index is 2.03. The van der Waals surface area contributed by atoms with E-state index in [-0.39, 0.29) is 5.91 Å². The van der Waals surface area contributed by atoms with Gasteiger partial charge in [-0.2, -0.15) is 0 Å². The van der Waals surface area contributed by atoms with Gasteiger partial charge >= 0.3 is 5.97 Å². The van der Waals surface area contributed by atoms with Crippen molar-refractivity contribution in [1.82, 2.24) is 5.32 Å². The van der Waals surface area contributed by atoms with E-state index in [0.717, 1.165) is 5.56 Å². The highest BCUT2D eigenvalue weighted by Gasteiger charge is 2.44. The molecule has 0 fully saturated rings. The Morgan fingerprint density at radius 3 is 2.67 bits per heavy atom. The minimum Gasteiger partial charge on any atom is -0.480 e. The molecule has 0 saturated carbocycles. The van der Waals surface area contributed by atoms with Crippen molar-refractivity contribution in [2.75, 3.05) is 0 Å². The van der Waals surface area contributed by atoms with Gasteiger partial charge in [0, 0.05) is 22.6 Å². The monoisotopic (exact) mass is 281 g/mol. The summed E-state index contributed by atoms with van der Waals surface area (Å²) in [5.41, 5.74) is 1.92. The Morgan fingerprint density at radius 2 is 1.86 bits per heavy atom. The second-order valence-electron chi connectivity index (χ2n) is 5.12. The van der Waals surface area contributed by atoms with Gasteiger partial charge in [0.25, 0.3) is 5.91 Å². The number of carboxylic acid groups (broad SMARTS) is 1. The van der Waals surface area contributed by atoms with Crippen molar-refractivity contribution >= 4 is 11.9 Å². The summed E-state index contributed by atoms with van der Waals surface area (Å²) in [6, 6.07) is 11.5. The molecule has 5 heteroatoms. The molecule has 2 aromatic rings. The number of rotatable bonds is 1. The Kier molecular flexibility index (Phi) is 2.33. The molecule has 0 spiro atoms. The SMILES string of the molecule is O=C1NC(C(=O)O)C2c3ccccc3Oc3cccc1c32. The Morgan fingerprint density at radius 1 is 1.10 bits per heavy atom. The minimum absolute atomic E-state index is 0.376. The summed E-state index contributed by atoms with van der Waals surface area (Å²) < 4.78 is 5.83. The van der Waals surface area contributed by atoms with Crippen molar-refractivity contribution in [3.8, 4) is 11.5 Å². The van der Waals surface area contributed by atoms with Crippen molar-refractivity contribution in [2.24, 2.45) is 0 Å². The van der Waals surface area contributed by atoms with Gasteiger partial charge in [0.2, 0.25) is 0 Å². The minimum atomic E-state index is -1.05. The van der Waals surface area contributed by atoms with Crippen LogP contribution in [-0.2, 0) is 4.79 Å². The maximum absolute atomic E-state index is 12.1. The van der Waals surface area contributed by atoms with E-state index in [2.05, 4.69) is 5.32 Å². The average Bonchev–Trinajstić information content (AvgIpc) is 2.49. The lowest BCUT2D eigenvalue weighted by atomic mass is 9.77. The van der Waals surface area contributed by atoms with Crippen molar-refractivity contribution in [1.29, 1.82) is 0 Å². The second-order valence-corrected chi connectivity index (χ2v) is 5.12. The van der Waals surface area contributed by atoms with Crippen LogP contribution in [0.25, 0.3) is 0 Å². The molecule has 2 atom stereocenters. The van der Waals surface area contributed by atoms with Crippen LogP contribution in [0.15, 0.2) is 42.5 Å². The molecule has 0 aliphatic carbocycles. The van der Waals surface area contributed by atoms with Gasteiger partial charge in [0.05, 0.1) is 0 Å². The van der Waals surface area contributed by atoms with Crippen LogP contribution in [0.5, 0.6) is 11.5 Å². The van der Waals surface area contributed by atoms with Crippen molar-refractivity contribution in [2.45, 2.75) is 12.0 Å². The third kappa shape index (κ3) is 1.57. The van der Waals surface area contributed by atoms with Gasteiger partial charge < -0.3 is 15.2 Å². The lowest BCUT2D eigenvalue weighted by Crippen LogP contribution is -2.50. The number of hydrogen-bond donors (Lipinski definition) is 2. The van der Waals surface area contributed by atoms with Crippen LogP contribution in [0, 0.1) is 0 Å². The highest BCUT2D eigenvalue weighted by atomic mass is 16.5. The standard InChI is InChI=1S/C16H11NO4/c18-15-9-5-3-7-11-12(9)13(14(17-15)16(19)20)8-4-1-2-6-10(8)21-11/h1-7,13-14H,(H,17,18)(H,19,20). The fraction of sp³-hybridized carbons (Fsp3) is 0.125. The first-order valence-corrected chi connectivity index (χ1v) is 6.60. The normalized spacial score (nSPS) is 21.6. The number of para-hydroxylation sites is 1. The first-order chi connectivity index (χ1) is 10.2. The predicted molar refractivity (Wildman–Crippen MR) is 73.7 cm³/mol. The van der Waals surface area contributed by atoms with Gasteiger partial charge in [-0.05, 0) is 18.2 Å². The van der Waals surface area contributed by atoms with Gasteiger partial charge in [-0.25, -0.2) is 4.79 Å². The third-order valence-electron chi connectivity index (χ3n) is 3.98. The lowest BCUT2D eigenvalue weighted by Gasteiger charge is -2.36. The molecule has 2 heterocycles. The summed E-state index contributed by atoms with van der Waals surface area (Å²) in [5, 5.41) is 12.0. The number of ether oxygens (including phenoxy) is 1. The van der Waals surface area contributed by atoms with Crippen molar-refractivity contribution < 1.29 is 19.4 Å². The fourth-order valence-corrected chi connectivity index (χ4v) is 3.11. The summed E-state index contributed by atoms with van der Waals surface area (Å²) in [5.74, 6) is -0.674. The highest BCUT2D eigenvalue weighted by Crippen LogP contribution is 2.48. The molecule has 2 aliphatic heterocycles. The van der Waals surface area contributed by atoms with Crippen LogP contribution in [0.4, 0.5) is 0 Å². The van der Waals surface area contributed by atoms with E-state index in [9.17, 15) is 14.7 Å². The molecule has 1 amide bonds. The number of nitrogens with one attached hydrogen (secondary N) is 1. The van der Waals surface area contributed by atoms with E-state index in [4.69, 9.17) is 4.74 Å². The maximum Gasteiger partial charge on any atom is 0.327 e. The fourth-order valence-electron chi connectivity index (χ4n) is 3.11. The van der Waals surface area contributed by atoms with Crippen molar-refractivity contribution in [3.05, 3.63) is 59.2 Å². The van der Waals surface area contributed by atoms with Gasteiger partial charge in [-0.1, -0.05) is 24.3 Å². The van der Waals surface area contributed by atoms with Crippen LogP contribution < -0.4 is 10.1 Å². The van der Waals surface area contributed by atoms with Crippen LogP contribution in [0.1, 0.15) is 27.4 Å². The number of aliphatic carboxylic acids is 1. The van der Waals surface area contributed by atoms with Gasteiger partial charge in [0.1, 0.15) is 17.5 Å². The van der Waals surface area contributed by atoms with E-state index in [0.29, 0.717) is 22.6 Å². The van der Waals surface area contributed by atoms with Gasteiger partial charge in [-0.3, -0.25) is 4.79 Å². The zero-order chi connectivity index (χ0) is 14.6. The first-order valence-electron chi connectivity index (χ1n) is 6.60. The number of carbonyl (C=O) groups excluding carboxylic acids is 1. The summed E-state index contributed by atoms with van der Waals surface area (Å²) in [6.07, 6.45) is 0. The zero-order valence-electron chi connectivity index (χ0n) is 10.9. The van der Waals surface area contributed by atoms with Gasteiger partial charge in [0.15, 0.2) is 0 Å². The molecule has 2 aliphatic rings. The molecule has 5 nitrogen and oxygen atoms in total. The predicted octanol–water partition coefficient (Wildman–Crippen LogP) is 2.12. The smallest absolute Gasteiger partial charge is 0.327 e. The number of fused-ring (bicyclic) bond motifs is 2. The number of carbonyl (C=O) groups is 2. The number of benzene rings is 2. The molecule has 104 valence electrons. The van der Waals surface area contributed by atoms with E-state index in [1.165, 1.54) is 0 Å². The first kappa shape index (κ1) is 12.0. The number of hydrogen-bond acceptors (Lipinski definition) is 3. The second kappa shape index (κ2) is 4.09. The van der Waals surface area contributed by atoms with Crippen LogP contribution in [-0.4, -0.2) is 23.0 Å². The largest absolute Gasteiger partial charge is 0.480 e. The Bertz CT molecular complexity index is 784. The Labute approximate surface area is 120 Å². The van der Waals surface area contributed by atoms with Crippen LogP contribution in [0.3, 0.4) is 0 Å². The topological polar surface area (TPSA) is 75.6 Å². The molecule has 0 bridgehead atoms. The molecule has 2 N–H and O–H groups in total. The summed E-state index contributed by atoms with van der Waals surface area (Å²) in [7, 11) is 0. The molecule has 21 heavy (non-hydrogen) atoms. The molecule has 0 radical (unpaired) electrons. The summed E-state index contributed by atoms with van der Waals surface area (Å²) >= 11 is 0. The Hall–Kier alpha value is -2.82. The number of amides is 1. The lowest BCUT2D eigenvalue weighted by molar-refractivity contribution is -0.139. The van der Waals surface area contributed by atoms with E-state index >= 15 is 0 Å². The number of carboxylic acids is 1.